The second-order valence-electron chi connectivity index (χ2n) is 7.29. The van der Waals surface area contributed by atoms with Crippen LogP contribution in [0.15, 0.2) is 77.7 Å². The Morgan fingerprint density at radius 3 is 2.42 bits per heavy atom. The number of thiocarbonyl (C=S) groups is 1. The average molecular weight is 497 g/mol. The number of nitrogens with zero attached hydrogens (tertiary/aromatic N) is 2. The molecule has 10 heteroatoms. The molecule has 168 valence electrons. The van der Waals surface area contributed by atoms with E-state index < -0.39 is 15.9 Å². The highest BCUT2D eigenvalue weighted by atomic mass is 32.2. The molecule has 0 saturated carbocycles. The van der Waals surface area contributed by atoms with Crippen LogP contribution >= 0.6 is 23.6 Å². The number of aromatic nitrogens is 1. The molecule has 7 nitrogen and oxygen atoms in total. The third-order valence-corrected chi connectivity index (χ3v) is 7.90. The SMILES string of the molecule is CN(C)S(=O)(=O)c1ccc(C(=O)NC(=S)Nc2cccc(-c3nc4ccccc4s3)c2)cc1. The number of carbonyl (C=O) groups excluding carboxylic acids is 1. The summed E-state index contributed by atoms with van der Waals surface area (Å²) in [5.74, 6) is -0.441. The summed E-state index contributed by atoms with van der Waals surface area (Å²) in [4.78, 5) is 17.3. The third kappa shape index (κ3) is 5.09. The molecule has 0 bridgehead atoms. The van der Waals surface area contributed by atoms with Gasteiger partial charge in [-0.2, -0.15) is 0 Å². The van der Waals surface area contributed by atoms with Gasteiger partial charge in [0.1, 0.15) is 5.01 Å². The molecule has 0 fully saturated rings. The van der Waals surface area contributed by atoms with Crippen LogP contribution in [0.3, 0.4) is 0 Å². The fourth-order valence-electron chi connectivity index (χ4n) is 3.05. The topological polar surface area (TPSA) is 91.4 Å². The molecule has 0 atom stereocenters. The number of carbonyl (C=O) groups is 1. The normalized spacial score (nSPS) is 11.5. The van der Waals surface area contributed by atoms with E-state index in [9.17, 15) is 13.2 Å². The first-order chi connectivity index (χ1) is 15.7. The summed E-state index contributed by atoms with van der Waals surface area (Å²) in [6.07, 6.45) is 0. The highest BCUT2D eigenvalue weighted by Gasteiger charge is 2.18. The molecule has 2 N–H and O–H groups in total. The summed E-state index contributed by atoms with van der Waals surface area (Å²) in [5.41, 5.74) is 2.89. The zero-order valence-corrected chi connectivity index (χ0v) is 20.2. The van der Waals surface area contributed by atoms with Crippen LogP contribution in [0.2, 0.25) is 0 Å². The quantitative estimate of drug-likeness (QED) is 0.400. The first-order valence-electron chi connectivity index (χ1n) is 9.85. The van der Waals surface area contributed by atoms with E-state index in [0.717, 1.165) is 25.1 Å². The first kappa shape index (κ1) is 23.0. The van der Waals surface area contributed by atoms with E-state index in [1.54, 1.807) is 11.3 Å². The van der Waals surface area contributed by atoms with Gasteiger partial charge in [-0.3, -0.25) is 10.1 Å². The number of nitrogens with one attached hydrogen (secondary N) is 2. The molecule has 4 rings (SSSR count). The number of fused-ring (bicyclic) bond motifs is 1. The summed E-state index contributed by atoms with van der Waals surface area (Å²) in [7, 11) is -0.659. The Morgan fingerprint density at radius 2 is 1.73 bits per heavy atom. The fraction of sp³-hybridized carbons (Fsp3) is 0.0870. The molecule has 0 radical (unpaired) electrons. The Hall–Kier alpha value is -3.18. The van der Waals surface area contributed by atoms with Gasteiger partial charge in [0.25, 0.3) is 5.91 Å². The number of benzene rings is 3. The van der Waals surface area contributed by atoms with Crippen LogP contribution in [-0.2, 0) is 10.0 Å². The largest absolute Gasteiger partial charge is 0.332 e. The van der Waals surface area contributed by atoms with Gasteiger partial charge in [0.05, 0.1) is 15.1 Å². The van der Waals surface area contributed by atoms with E-state index in [-0.39, 0.29) is 10.0 Å². The number of sulfonamides is 1. The van der Waals surface area contributed by atoms with Gasteiger partial charge in [-0.25, -0.2) is 17.7 Å². The second-order valence-corrected chi connectivity index (χ2v) is 10.9. The van der Waals surface area contributed by atoms with Crippen LogP contribution in [0.25, 0.3) is 20.8 Å². The summed E-state index contributed by atoms with van der Waals surface area (Å²) >= 11 is 6.89. The number of hydrogen-bond acceptors (Lipinski definition) is 6. The van der Waals surface area contributed by atoms with E-state index in [4.69, 9.17) is 12.2 Å². The molecule has 4 aromatic rings. The van der Waals surface area contributed by atoms with Gasteiger partial charge >= 0.3 is 0 Å². The van der Waals surface area contributed by atoms with Crippen molar-refractivity contribution in [1.82, 2.24) is 14.6 Å². The number of thiazole rings is 1. The van der Waals surface area contributed by atoms with Crippen LogP contribution in [0, 0.1) is 0 Å². The third-order valence-electron chi connectivity index (χ3n) is 4.78. The smallest absolute Gasteiger partial charge is 0.257 e. The van der Waals surface area contributed by atoms with Gasteiger partial charge in [0.15, 0.2) is 5.11 Å². The monoisotopic (exact) mass is 496 g/mol. The summed E-state index contributed by atoms with van der Waals surface area (Å²) < 4.78 is 26.6. The molecular weight excluding hydrogens is 476 g/mol. The molecule has 0 aliphatic carbocycles. The van der Waals surface area contributed by atoms with Crippen LogP contribution in [0.1, 0.15) is 10.4 Å². The van der Waals surface area contributed by atoms with E-state index in [1.807, 2.05) is 48.5 Å². The van der Waals surface area contributed by atoms with Crippen molar-refractivity contribution < 1.29 is 13.2 Å². The van der Waals surface area contributed by atoms with Crippen molar-refractivity contribution in [1.29, 1.82) is 0 Å². The van der Waals surface area contributed by atoms with Gasteiger partial charge in [-0.15, -0.1) is 11.3 Å². The summed E-state index contributed by atoms with van der Waals surface area (Å²) in [6, 6.07) is 21.2. The fourth-order valence-corrected chi connectivity index (χ4v) is 5.13. The van der Waals surface area contributed by atoms with Gasteiger partial charge in [0.2, 0.25) is 10.0 Å². The summed E-state index contributed by atoms with van der Waals surface area (Å²) in [6.45, 7) is 0. The second kappa shape index (κ2) is 9.36. The number of para-hydroxylation sites is 1. The van der Waals surface area contributed by atoms with Crippen molar-refractivity contribution in [2.75, 3.05) is 19.4 Å². The molecule has 0 spiro atoms. The molecule has 33 heavy (non-hydrogen) atoms. The number of amides is 1. The maximum Gasteiger partial charge on any atom is 0.257 e. The maximum absolute atomic E-state index is 12.5. The van der Waals surface area contributed by atoms with Crippen LogP contribution in [0.5, 0.6) is 0 Å². The minimum Gasteiger partial charge on any atom is -0.332 e. The van der Waals surface area contributed by atoms with Crippen molar-refractivity contribution in [3.05, 3.63) is 78.4 Å². The Bertz CT molecular complexity index is 1410. The van der Waals surface area contributed by atoms with Crippen molar-refractivity contribution in [2.24, 2.45) is 0 Å². The van der Waals surface area contributed by atoms with Crippen LogP contribution in [0.4, 0.5) is 5.69 Å². The van der Waals surface area contributed by atoms with E-state index in [2.05, 4.69) is 15.6 Å². The zero-order chi connectivity index (χ0) is 23.6. The van der Waals surface area contributed by atoms with Gasteiger partial charge in [-0.05, 0) is 60.7 Å². The molecule has 1 amide bonds. The molecule has 0 aliphatic rings. The van der Waals surface area contributed by atoms with E-state index in [0.29, 0.717) is 11.3 Å². The highest BCUT2D eigenvalue weighted by Crippen LogP contribution is 2.31. The summed E-state index contributed by atoms with van der Waals surface area (Å²) in [5, 5.41) is 6.65. The predicted molar refractivity (Wildman–Crippen MR) is 136 cm³/mol. The lowest BCUT2D eigenvalue weighted by Crippen LogP contribution is -2.34. The number of anilines is 1. The highest BCUT2D eigenvalue weighted by molar-refractivity contribution is 7.89. The van der Waals surface area contributed by atoms with Crippen molar-refractivity contribution in [3.8, 4) is 10.6 Å². The predicted octanol–water partition coefficient (Wildman–Crippen LogP) is 4.34. The minimum absolute atomic E-state index is 0.108. The average Bonchev–Trinajstić information content (AvgIpc) is 3.23. The van der Waals surface area contributed by atoms with Gasteiger partial charge in [-0.1, -0.05) is 24.3 Å². The molecule has 3 aromatic carbocycles. The number of rotatable bonds is 5. The number of hydrogen-bond donors (Lipinski definition) is 2. The Labute approximate surface area is 201 Å². The van der Waals surface area contributed by atoms with Crippen molar-refractivity contribution in [2.45, 2.75) is 4.90 Å². The van der Waals surface area contributed by atoms with E-state index >= 15 is 0 Å². The molecule has 0 unspecified atom stereocenters. The van der Waals surface area contributed by atoms with Crippen molar-refractivity contribution in [3.63, 3.8) is 0 Å². The Morgan fingerprint density at radius 1 is 1.00 bits per heavy atom. The van der Waals surface area contributed by atoms with E-state index in [1.165, 1.54) is 38.4 Å². The van der Waals surface area contributed by atoms with Gasteiger partial charge < -0.3 is 5.32 Å². The van der Waals surface area contributed by atoms with Crippen molar-refractivity contribution >= 4 is 60.5 Å². The first-order valence-corrected chi connectivity index (χ1v) is 12.5. The lowest BCUT2D eigenvalue weighted by Gasteiger charge is -2.12. The Balaban J connectivity index is 1.43. The molecule has 0 aliphatic heterocycles. The van der Waals surface area contributed by atoms with Crippen LogP contribution in [-0.4, -0.2) is 42.8 Å². The lowest BCUT2D eigenvalue weighted by atomic mass is 10.2. The Kier molecular flexibility index (Phi) is 6.52. The van der Waals surface area contributed by atoms with Gasteiger partial charge in [0, 0.05) is 30.9 Å². The lowest BCUT2D eigenvalue weighted by molar-refractivity contribution is 0.0977. The molecule has 0 saturated heterocycles. The maximum atomic E-state index is 12.5. The zero-order valence-electron chi connectivity index (χ0n) is 17.8. The molecular formula is C23H20N4O3S3. The standard InChI is InChI=1S/C23H20N4O3S3/c1-27(2)33(29,30)18-12-10-15(11-13-18)21(28)26-23(31)24-17-7-5-6-16(14-17)22-25-19-8-3-4-9-20(19)32-22/h3-14H,1-2H3,(H2,24,26,28,31). The molecule has 1 heterocycles. The minimum atomic E-state index is -3.56. The molecule has 1 aromatic heterocycles. The van der Waals surface area contributed by atoms with Crippen LogP contribution < -0.4 is 10.6 Å².